The number of hydrogen-bond acceptors (Lipinski definition) is 3. The molecule has 0 saturated carbocycles. The minimum absolute atomic E-state index is 0.140. The average Bonchev–Trinajstić information content (AvgIpc) is 2.76. The Morgan fingerprint density at radius 3 is 2.58 bits per heavy atom. The second kappa shape index (κ2) is 6.83. The van der Waals surface area contributed by atoms with Crippen LogP contribution >= 0.6 is 0 Å². The van der Waals surface area contributed by atoms with Crippen LogP contribution in [0.3, 0.4) is 0 Å². The van der Waals surface area contributed by atoms with Crippen molar-refractivity contribution >= 4 is 12.0 Å². The second-order valence-electron chi connectivity index (χ2n) is 5.66. The fourth-order valence-corrected chi connectivity index (χ4v) is 2.74. The molecule has 2 aromatic rings. The van der Waals surface area contributed by atoms with E-state index in [4.69, 9.17) is 4.74 Å². The van der Waals surface area contributed by atoms with Crippen molar-refractivity contribution in [2.45, 2.75) is 25.9 Å². The van der Waals surface area contributed by atoms with Crippen molar-refractivity contribution in [3.63, 3.8) is 0 Å². The van der Waals surface area contributed by atoms with Crippen LogP contribution in [0.15, 0.2) is 42.0 Å². The summed E-state index contributed by atoms with van der Waals surface area (Å²) in [5, 5.41) is 11.1. The molecule has 0 saturated heterocycles. The Kier molecular flexibility index (Phi) is 4.60. The maximum atomic E-state index is 13.6. The van der Waals surface area contributed by atoms with Crippen LogP contribution in [0.1, 0.15) is 29.5 Å². The average molecular weight is 329 g/mol. The number of carboxylic acid groups (broad SMARTS) is 1. The summed E-state index contributed by atoms with van der Waals surface area (Å²) in [5.74, 6) is -2.08. The first kappa shape index (κ1) is 16.2. The topological polar surface area (TPSA) is 49.4 Å². The van der Waals surface area contributed by atoms with Gasteiger partial charge in [-0.15, -0.1) is 0 Å². The van der Waals surface area contributed by atoms with Gasteiger partial charge < -0.3 is 14.6 Å². The van der Waals surface area contributed by atoms with Crippen LogP contribution in [0.4, 0.5) is 8.78 Å². The zero-order valence-corrected chi connectivity index (χ0v) is 12.9. The Morgan fingerprint density at radius 2 is 1.88 bits per heavy atom. The number of halogens is 2. The molecule has 2 aromatic carbocycles. The molecule has 0 spiro atoms. The lowest BCUT2D eigenvalue weighted by atomic mass is 10.0. The van der Waals surface area contributed by atoms with E-state index >= 15 is 0 Å². The minimum Gasteiger partial charge on any atom is -0.545 e. The van der Waals surface area contributed by atoms with Crippen LogP contribution in [0.5, 0.6) is 5.75 Å². The van der Waals surface area contributed by atoms with E-state index in [9.17, 15) is 18.7 Å². The SMILES string of the molecule is O=C([O-])C1=Cc2cc(OCc3c(F)cccc3F)ccc2CCC1. The van der Waals surface area contributed by atoms with Crippen molar-refractivity contribution in [2.24, 2.45) is 0 Å². The van der Waals surface area contributed by atoms with Gasteiger partial charge in [-0.05, 0) is 66.3 Å². The number of hydrogen-bond donors (Lipinski definition) is 0. The molecular formula is C19H15F2O3-. The van der Waals surface area contributed by atoms with E-state index in [1.165, 1.54) is 18.2 Å². The van der Waals surface area contributed by atoms with Crippen molar-refractivity contribution in [3.05, 3.63) is 70.3 Å². The number of aryl methyl sites for hydroxylation is 1. The van der Waals surface area contributed by atoms with E-state index in [-0.39, 0.29) is 17.7 Å². The summed E-state index contributed by atoms with van der Waals surface area (Å²) in [6.45, 7) is -0.242. The van der Waals surface area contributed by atoms with Gasteiger partial charge in [-0.3, -0.25) is 0 Å². The van der Waals surface area contributed by atoms with Crippen LogP contribution in [0.25, 0.3) is 6.08 Å². The third-order valence-corrected chi connectivity index (χ3v) is 4.05. The Balaban J connectivity index is 1.83. The summed E-state index contributed by atoms with van der Waals surface area (Å²) in [4.78, 5) is 11.1. The molecule has 0 aromatic heterocycles. The van der Waals surface area contributed by atoms with Gasteiger partial charge in [0, 0.05) is 0 Å². The van der Waals surface area contributed by atoms with E-state index in [2.05, 4.69) is 0 Å². The van der Waals surface area contributed by atoms with Gasteiger partial charge in [-0.25, -0.2) is 8.78 Å². The van der Waals surface area contributed by atoms with E-state index in [0.717, 1.165) is 24.0 Å². The summed E-state index contributed by atoms with van der Waals surface area (Å²) in [6, 6.07) is 8.89. The molecular weight excluding hydrogens is 314 g/mol. The molecule has 0 heterocycles. The van der Waals surface area contributed by atoms with Crippen molar-refractivity contribution in [1.82, 2.24) is 0 Å². The molecule has 0 unspecified atom stereocenters. The quantitative estimate of drug-likeness (QED) is 0.866. The van der Waals surface area contributed by atoms with Gasteiger partial charge in [0.05, 0.1) is 11.5 Å². The minimum atomic E-state index is -1.18. The number of carbonyl (C=O) groups is 1. The van der Waals surface area contributed by atoms with Gasteiger partial charge in [0.1, 0.15) is 24.0 Å². The monoisotopic (exact) mass is 329 g/mol. The smallest absolute Gasteiger partial charge is 0.132 e. The highest BCUT2D eigenvalue weighted by Crippen LogP contribution is 2.27. The predicted octanol–water partition coefficient (Wildman–Crippen LogP) is 3.01. The summed E-state index contributed by atoms with van der Waals surface area (Å²) in [7, 11) is 0. The zero-order valence-electron chi connectivity index (χ0n) is 12.9. The Labute approximate surface area is 138 Å². The van der Waals surface area contributed by atoms with Crippen LogP contribution in [-0.2, 0) is 17.8 Å². The number of fused-ring (bicyclic) bond motifs is 1. The predicted molar refractivity (Wildman–Crippen MR) is 83.1 cm³/mol. The number of carbonyl (C=O) groups excluding carboxylic acids is 1. The molecule has 0 N–H and O–H groups in total. The normalized spacial score (nSPS) is 13.7. The molecule has 0 fully saturated rings. The first-order chi connectivity index (χ1) is 11.5. The van der Waals surface area contributed by atoms with Gasteiger partial charge >= 0.3 is 0 Å². The number of carboxylic acids is 1. The van der Waals surface area contributed by atoms with Crippen LogP contribution in [0.2, 0.25) is 0 Å². The Morgan fingerprint density at radius 1 is 1.12 bits per heavy atom. The molecule has 0 radical (unpaired) electrons. The van der Waals surface area contributed by atoms with E-state index < -0.39 is 17.6 Å². The number of benzene rings is 2. The first-order valence-corrected chi connectivity index (χ1v) is 7.65. The van der Waals surface area contributed by atoms with Gasteiger partial charge in [0.15, 0.2) is 0 Å². The van der Waals surface area contributed by atoms with Crippen molar-refractivity contribution in [1.29, 1.82) is 0 Å². The highest BCUT2D eigenvalue weighted by atomic mass is 19.1. The number of ether oxygens (including phenoxy) is 1. The van der Waals surface area contributed by atoms with Crippen LogP contribution in [-0.4, -0.2) is 5.97 Å². The van der Waals surface area contributed by atoms with Gasteiger partial charge in [-0.2, -0.15) is 0 Å². The lowest BCUT2D eigenvalue weighted by molar-refractivity contribution is -0.299. The van der Waals surface area contributed by atoms with E-state index in [1.54, 1.807) is 18.2 Å². The fraction of sp³-hybridized carbons (Fsp3) is 0.211. The van der Waals surface area contributed by atoms with Crippen LogP contribution in [0, 0.1) is 11.6 Å². The molecule has 1 aliphatic rings. The molecule has 0 bridgehead atoms. The van der Waals surface area contributed by atoms with Crippen molar-refractivity contribution < 1.29 is 23.4 Å². The van der Waals surface area contributed by atoms with Crippen molar-refractivity contribution in [3.8, 4) is 5.75 Å². The molecule has 0 amide bonds. The van der Waals surface area contributed by atoms with Gasteiger partial charge in [0.2, 0.25) is 0 Å². The molecule has 0 atom stereocenters. The van der Waals surface area contributed by atoms with Crippen molar-refractivity contribution in [2.75, 3.05) is 0 Å². The third kappa shape index (κ3) is 3.45. The van der Waals surface area contributed by atoms with Gasteiger partial charge in [-0.1, -0.05) is 12.1 Å². The zero-order chi connectivity index (χ0) is 17.1. The van der Waals surface area contributed by atoms with E-state index in [0.29, 0.717) is 12.2 Å². The molecule has 0 aliphatic heterocycles. The van der Waals surface area contributed by atoms with E-state index in [1.807, 2.05) is 6.07 Å². The first-order valence-electron chi connectivity index (χ1n) is 7.65. The lowest BCUT2D eigenvalue weighted by Gasteiger charge is -2.11. The van der Waals surface area contributed by atoms with Gasteiger partial charge in [0.25, 0.3) is 0 Å². The summed E-state index contributed by atoms with van der Waals surface area (Å²) in [5.41, 5.74) is 1.85. The highest BCUT2D eigenvalue weighted by Gasteiger charge is 2.12. The summed E-state index contributed by atoms with van der Waals surface area (Å²) in [6.07, 6.45) is 3.51. The number of aliphatic carboxylic acids is 1. The molecule has 124 valence electrons. The molecule has 5 heteroatoms. The maximum absolute atomic E-state index is 13.6. The fourth-order valence-electron chi connectivity index (χ4n) is 2.74. The largest absolute Gasteiger partial charge is 0.545 e. The molecule has 24 heavy (non-hydrogen) atoms. The summed E-state index contributed by atoms with van der Waals surface area (Å²) < 4.78 is 32.7. The Bertz CT molecular complexity index is 792. The summed E-state index contributed by atoms with van der Waals surface area (Å²) >= 11 is 0. The Hall–Kier alpha value is -2.69. The molecule has 1 aliphatic carbocycles. The molecule has 3 rings (SSSR count). The lowest BCUT2D eigenvalue weighted by Crippen LogP contribution is -2.24. The van der Waals surface area contributed by atoms with Crippen LogP contribution < -0.4 is 9.84 Å². The maximum Gasteiger partial charge on any atom is 0.132 e. The third-order valence-electron chi connectivity index (χ3n) is 4.05. The molecule has 3 nitrogen and oxygen atoms in total. The second-order valence-corrected chi connectivity index (χ2v) is 5.66. The number of rotatable bonds is 4. The highest BCUT2D eigenvalue weighted by molar-refractivity contribution is 5.91. The standard InChI is InChI=1S/C19H16F2O3/c20-17-5-2-6-18(21)16(17)11-24-15-8-7-12-3-1-4-13(19(22)23)9-14(12)10-15/h2,5-10H,1,3-4,11H2,(H,22,23)/p-1.